The van der Waals surface area contributed by atoms with E-state index in [9.17, 15) is 0 Å². The molecule has 0 atom stereocenters. The average molecular weight is 272 g/mol. The van der Waals surface area contributed by atoms with Crippen LogP contribution in [0.15, 0.2) is 0 Å². The van der Waals surface area contributed by atoms with Gasteiger partial charge in [0.05, 0.1) is 5.69 Å². The third-order valence-corrected chi connectivity index (χ3v) is 4.25. The standard InChI is InChI=1S/C13H24N2S2/c1-5-6-14-8-12-11(7-10(2)3)15-13(17-12)9-16-4/h10,14H,5-9H2,1-4H3. The molecule has 17 heavy (non-hydrogen) atoms. The Labute approximate surface area is 114 Å². The van der Waals surface area contributed by atoms with Crippen LogP contribution < -0.4 is 5.32 Å². The predicted molar refractivity (Wildman–Crippen MR) is 79.9 cm³/mol. The van der Waals surface area contributed by atoms with Crippen LogP contribution in [-0.4, -0.2) is 17.8 Å². The molecule has 1 N–H and O–H groups in total. The highest BCUT2D eigenvalue weighted by Crippen LogP contribution is 2.23. The molecule has 4 heteroatoms. The van der Waals surface area contributed by atoms with Gasteiger partial charge in [-0.2, -0.15) is 11.8 Å². The Morgan fingerprint density at radius 3 is 2.76 bits per heavy atom. The molecule has 0 aromatic carbocycles. The van der Waals surface area contributed by atoms with Crippen molar-refractivity contribution in [2.45, 2.75) is 45.9 Å². The molecule has 98 valence electrons. The maximum Gasteiger partial charge on any atom is 0.103 e. The lowest BCUT2D eigenvalue weighted by molar-refractivity contribution is 0.622. The van der Waals surface area contributed by atoms with Crippen LogP contribution in [0.25, 0.3) is 0 Å². The molecule has 0 saturated carbocycles. The summed E-state index contributed by atoms with van der Waals surface area (Å²) in [5, 5.41) is 4.76. The van der Waals surface area contributed by atoms with Crippen molar-refractivity contribution in [3.63, 3.8) is 0 Å². The van der Waals surface area contributed by atoms with Crippen molar-refractivity contribution in [2.75, 3.05) is 12.8 Å². The van der Waals surface area contributed by atoms with E-state index in [2.05, 4.69) is 32.3 Å². The fourth-order valence-corrected chi connectivity index (χ4v) is 3.45. The van der Waals surface area contributed by atoms with Crippen LogP contribution in [0.1, 0.15) is 42.8 Å². The van der Waals surface area contributed by atoms with Crippen molar-refractivity contribution in [3.05, 3.63) is 15.6 Å². The summed E-state index contributed by atoms with van der Waals surface area (Å²) in [6.07, 6.45) is 4.43. The molecule has 1 aromatic rings. The molecular weight excluding hydrogens is 248 g/mol. The number of nitrogens with zero attached hydrogens (tertiary/aromatic N) is 1. The molecule has 0 spiro atoms. The monoisotopic (exact) mass is 272 g/mol. The molecule has 0 bridgehead atoms. The first-order valence-corrected chi connectivity index (χ1v) is 8.55. The second kappa shape index (κ2) is 8.11. The van der Waals surface area contributed by atoms with Crippen LogP contribution in [0.5, 0.6) is 0 Å². The topological polar surface area (TPSA) is 24.9 Å². The normalized spacial score (nSPS) is 11.4. The largest absolute Gasteiger partial charge is 0.312 e. The van der Waals surface area contributed by atoms with Crippen molar-refractivity contribution >= 4 is 23.1 Å². The summed E-state index contributed by atoms with van der Waals surface area (Å²) in [7, 11) is 0. The van der Waals surface area contributed by atoms with E-state index < -0.39 is 0 Å². The highest BCUT2D eigenvalue weighted by atomic mass is 32.2. The molecular formula is C13H24N2S2. The third kappa shape index (κ3) is 5.40. The minimum absolute atomic E-state index is 0.684. The Hall–Kier alpha value is -0.0600. The summed E-state index contributed by atoms with van der Waals surface area (Å²) in [6, 6.07) is 0. The van der Waals surface area contributed by atoms with E-state index in [0.29, 0.717) is 5.92 Å². The quantitative estimate of drug-likeness (QED) is 0.730. The lowest BCUT2D eigenvalue weighted by Crippen LogP contribution is -2.14. The van der Waals surface area contributed by atoms with Gasteiger partial charge in [-0.05, 0) is 31.6 Å². The van der Waals surface area contributed by atoms with Gasteiger partial charge in [0.2, 0.25) is 0 Å². The van der Waals surface area contributed by atoms with Crippen LogP contribution >= 0.6 is 23.1 Å². The number of hydrogen-bond acceptors (Lipinski definition) is 4. The van der Waals surface area contributed by atoms with Crippen LogP contribution in [0, 0.1) is 5.92 Å². The van der Waals surface area contributed by atoms with E-state index in [1.165, 1.54) is 22.0 Å². The van der Waals surface area contributed by atoms with Crippen molar-refractivity contribution in [3.8, 4) is 0 Å². The number of thioether (sulfide) groups is 1. The van der Waals surface area contributed by atoms with Crippen molar-refractivity contribution in [1.29, 1.82) is 0 Å². The zero-order chi connectivity index (χ0) is 12.7. The molecule has 0 aliphatic rings. The van der Waals surface area contributed by atoms with E-state index >= 15 is 0 Å². The molecule has 0 aliphatic heterocycles. The first kappa shape index (κ1) is 15.0. The lowest BCUT2D eigenvalue weighted by atomic mass is 10.1. The van der Waals surface area contributed by atoms with Crippen molar-refractivity contribution in [2.24, 2.45) is 5.92 Å². The number of nitrogens with one attached hydrogen (secondary N) is 1. The molecule has 0 amide bonds. The van der Waals surface area contributed by atoms with Gasteiger partial charge in [0.15, 0.2) is 0 Å². The van der Waals surface area contributed by atoms with Crippen molar-refractivity contribution < 1.29 is 0 Å². The number of rotatable bonds is 8. The third-order valence-electron chi connectivity index (χ3n) is 2.40. The second-order valence-electron chi connectivity index (χ2n) is 4.69. The summed E-state index contributed by atoms with van der Waals surface area (Å²) in [6.45, 7) is 8.81. The van der Waals surface area contributed by atoms with Crippen LogP contribution in [-0.2, 0) is 18.7 Å². The van der Waals surface area contributed by atoms with Gasteiger partial charge in [-0.15, -0.1) is 11.3 Å². The molecule has 0 saturated heterocycles. The molecule has 0 unspecified atom stereocenters. The Bertz CT molecular complexity index is 321. The average Bonchev–Trinajstić information content (AvgIpc) is 2.61. The smallest absolute Gasteiger partial charge is 0.103 e. The van der Waals surface area contributed by atoms with Gasteiger partial charge in [0, 0.05) is 17.2 Å². The SMILES string of the molecule is CCCNCc1sc(CSC)nc1CC(C)C. The predicted octanol–water partition coefficient (Wildman–Crippen LogP) is 3.70. The summed E-state index contributed by atoms with van der Waals surface area (Å²) in [5.41, 5.74) is 1.32. The zero-order valence-corrected chi connectivity index (χ0v) is 13.0. The molecule has 0 radical (unpaired) electrons. The molecule has 2 nitrogen and oxygen atoms in total. The Morgan fingerprint density at radius 2 is 2.18 bits per heavy atom. The maximum absolute atomic E-state index is 4.78. The number of thiazole rings is 1. The van der Waals surface area contributed by atoms with Crippen LogP contribution in [0.2, 0.25) is 0 Å². The minimum atomic E-state index is 0.684. The van der Waals surface area contributed by atoms with Crippen LogP contribution in [0.4, 0.5) is 0 Å². The number of aromatic nitrogens is 1. The highest BCUT2D eigenvalue weighted by molar-refractivity contribution is 7.97. The lowest BCUT2D eigenvalue weighted by Gasteiger charge is -2.05. The van der Waals surface area contributed by atoms with Gasteiger partial charge in [-0.25, -0.2) is 4.98 Å². The van der Waals surface area contributed by atoms with E-state index in [4.69, 9.17) is 4.98 Å². The van der Waals surface area contributed by atoms with Gasteiger partial charge >= 0.3 is 0 Å². The highest BCUT2D eigenvalue weighted by Gasteiger charge is 2.11. The summed E-state index contributed by atoms with van der Waals surface area (Å²) < 4.78 is 0. The molecule has 1 aromatic heterocycles. The van der Waals surface area contributed by atoms with Gasteiger partial charge < -0.3 is 5.32 Å². The summed E-state index contributed by atoms with van der Waals surface area (Å²) >= 11 is 3.73. The minimum Gasteiger partial charge on any atom is -0.312 e. The summed E-state index contributed by atoms with van der Waals surface area (Å²) in [4.78, 5) is 6.22. The van der Waals surface area contributed by atoms with E-state index in [1.54, 1.807) is 0 Å². The summed E-state index contributed by atoms with van der Waals surface area (Å²) in [5.74, 6) is 1.73. The van der Waals surface area contributed by atoms with E-state index in [1.807, 2.05) is 23.1 Å². The van der Waals surface area contributed by atoms with Gasteiger partial charge in [-0.3, -0.25) is 0 Å². The van der Waals surface area contributed by atoms with Crippen molar-refractivity contribution in [1.82, 2.24) is 10.3 Å². The Kier molecular flexibility index (Phi) is 7.16. The number of hydrogen-bond donors (Lipinski definition) is 1. The van der Waals surface area contributed by atoms with Gasteiger partial charge in [-0.1, -0.05) is 20.8 Å². The first-order valence-electron chi connectivity index (χ1n) is 6.34. The first-order chi connectivity index (χ1) is 8.17. The fourth-order valence-electron chi connectivity index (χ4n) is 1.69. The Balaban J connectivity index is 2.68. The van der Waals surface area contributed by atoms with Gasteiger partial charge in [0.25, 0.3) is 0 Å². The van der Waals surface area contributed by atoms with E-state index in [-0.39, 0.29) is 0 Å². The van der Waals surface area contributed by atoms with Gasteiger partial charge in [0.1, 0.15) is 5.01 Å². The second-order valence-corrected chi connectivity index (χ2v) is 6.72. The zero-order valence-electron chi connectivity index (χ0n) is 11.4. The van der Waals surface area contributed by atoms with Crippen LogP contribution in [0.3, 0.4) is 0 Å². The Morgan fingerprint density at radius 1 is 1.41 bits per heavy atom. The molecule has 1 heterocycles. The molecule has 0 fully saturated rings. The molecule has 0 aliphatic carbocycles. The van der Waals surface area contributed by atoms with E-state index in [0.717, 1.165) is 25.3 Å². The molecule has 1 rings (SSSR count). The maximum atomic E-state index is 4.78. The fraction of sp³-hybridized carbons (Fsp3) is 0.769.